The molecule has 0 aromatic heterocycles. The number of ether oxygens (including phenoxy) is 1. The Morgan fingerprint density at radius 1 is 1.28 bits per heavy atom. The van der Waals surface area contributed by atoms with Gasteiger partial charge >= 0.3 is 6.03 Å². The summed E-state index contributed by atoms with van der Waals surface area (Å²) in [5.74, 6) is 0.560. The molecule has 0 radical (unpaired) electrons. The van der Waals surface area contributed by atoms with Crippen molar-refractivity contribution in [2.24, 2.45) is 5.92 Å². The number of urea groups is 1. The lowest BCUT2D eigenvalue weighted by atomic mass is 9.78. The molecule has 138 valence electrons. The van der Waals surface area contributed by atoms with Crippen molar-refractivity contribution in [1.82, 2.24) is 10.2 Å². The molecule has 2 saturated heterocycles. The van der Waals surface area contributed by atoms with Crippen molar-refractivity contribution in [2.75, 3.05) is 32.8 Å². The van der Waals surface area contributed by atoms with Gasteiger partial charge in [0, 0.05) is 32.8 Å². The van der Waals surface area contributed by atoms with E-state index in [1.54, 1.807) is 0 Å². The Hall–Kier alpha value is -1.59. The molecule has 1 spiro atoms. The van der Waals surface area contributed by atoms with Gasteiger partial charge in [-0.05, 0) is 50.0 Å². The molecule has 5 nitrogen and oxygen atoms in total. The van der Waals surface area contributed by atoms with E-state index in [4.69, 9.17) is 4.74 Å². The van der Waals surface area contributed by atoms with Crippen LogP contribution in [0.1, 0.15) is 37.7 Å². The van der Waals surface area contributed by atoms with Crippen LogP contribution in [0.25, 0.3) is 0 Å². The fourth-order valence-electron chi connectivity index (χ4n) is 4.09. The normalized spacial score (nSPS) is 22.8. The molecule has 1 aromatic rings. The van der Waals surface area contributed by atoms with E-state index < -0.39 is 0 Å². The third kappa shape index (κ3) is 4.95. The summed E-state index contributed by atoms with van der Waals surface area (Å²) in [4.78, 5) is 14.3. The van der Waals surface area contributed by atoms with E-state index in [1.165, 1.54) is 5.56 Å². The summed E-state index contributed by atoms with van der Waals surface area (Å²) in [6, 6.07) is 10.3. The van der Waals surface area contributed by atoms with Gasteiger partial charge in [-0.3, -0.25) is 0 Å². The summed E-state index contributed by atoms with van der Waals surface area (Å²) < 4.78 is 6.11. The van der Waals surface area contributed by atoms with Crippen molar-refractivity contribution < 1.29 is 14.6 Å². The highest BCUT2D eigenvalue weighted by Gasteiger charge is 2.40. The van der Waals surface area contributed by atoms with Crippen molar-refractivity contribution in [3.05, 3.63) is 35.9 Å². The van der Waals surface area contributed by atoms with Crippen LogP contribution in [0.4, 0.5) is 4.79 Å². The zero-order valence-corrected chi connectivity index (χ0v) is 15.0. The van der Waals surface area contributed by atoms with Crippen molar-refractivity contribution in [1.29, 1.82) is 0 Å². The van der Waals surface area contributed by atoms with Gasteiger partial charge in [-0.25, -0.2) is 4.79 Å². The second kappa shape index (κ2) is 8.68. The molecule has 2 aliphatic heterocycles. The van der Waals surface area contributed by atoms with Crippen LogP contribution in [0, 0.1) is 5.92 Å². The van der Waals surface area contributed by atoms with Gasteiger partial charge in [0.15, 0.2) is 0 Å². The third-order valence-corrected chi connectivity index (χ3v) is 5.63. The van der Waals surface area contributed by atoms with Crippen molar-refractivity contribution in [3.63, 3.8) is 0 Å². The van der Waals surface area contributed by atoms with Gasteiger partial charge in [0.05, 0.1) is 5.60 Å². The Kier molecular flexibility index (Phi) is 6.32. The molecule has 1 aromatic carbocycles. The number of carbonyl (C=O) groups is 1. The zero-order valence-electron chi connectivity index (χ0n) is 15.0. The summed E-state index contributed by atoms with van der Waals surface area (Å²) in [6.07, 6.45) is 5.61. The fraction of sp³-hybridized carbons (Fsp3) is 0.650. The molecule has 0 saturated carbocycles. The summed E-state index contributed by atoms with van der Waals surface area (Å²) in [5.41, 5.74) is 1.17. The number of likely N-dealkylation sites (tertiary alicyclic amines) is 1. The molecule has 5 heteroatoms. The van der Waals surface area contributed by atoms with Gasteiger partial charge in [-0.1, -0.05) is 30.3 Å². The Labute approximate surface area is 150 Å². The van der Waals surface area contributed by atoms with Gasteiger partial charge in [0.1, 0.15) is 0 Å². The van der Waals surface area contributed by atoms with E-state index in [-0.39, 0.29) is 18.2 Å². The SMILES string of the molecule is O=C(NCCc1ccccc1)N1CCC2(CC1)CC(CCO)CCO2. The minimum absolute atomic E-state index is 0.0356. The maximum absolute atomic E-state index is 12.4. The zero-order chi connectivity index (χ0) is 17.5. The standard InChI is InChI=1S/C20H30N2O3/c23-14-7-18-8-15-25-20(16-18)9-12-22(13-10-20)19(24)21-11-6-17-4-2-1-3-5-17/h1-5,18,23H,6-16H2,(H,21,24). The monoisotopic (exact) mass is 346 g/mol. The van der Waals surface area contributed by atoms with Crippen molar-refractivity contribution in [2.45, 2.75) is 44.1 Å². The number of amides is 2. The molecule has 1 atom stereocenters. The molecule has 1 unspecified atom stereocenters. The number of nitrogens with one attached hydrogen (secondary N) is 1. The second-order valence-electron chi connectivity index (χ2n) is 7.36. The smallest absolute Gasteiger partial charge is 0.317 e. The van der Waals surface area contributed by atoms with Crippen molar-refractivity contribution in [3.8, 4) is 0 Å². The van der Waals surface area contributed by atoms with Crippen molar-refractivity contribution >= 4 is 6.03 Å². The Balaban J connectivity index is 1.41. The average Bonchev–Trinajstić information content (AvgIpc) is 2.63. The van der Waals surface area contributed by atoms with Crippen LogP contribution < -0.4 is 5.32 Å². The number of piperidine rings is 1. The molecule has 2 N–H and O–H groups in total. The largest absolute Gasteiger partial charge is 0.396 e. The number of hydrogen-bond acceptors (Lipinski definition) is 3. The predicted molar refractivity (Wildman–Crippen MR) is 97.5 cm³/mol. The third-order valence-electron chi connectivity index (χ3n) is 5.63. The van der Waals surface area contributed by atoms with Crippen LogP contribution >= 0.6 is 0 Å². The van der Waals surface area contributed by atoms with Gasteiger partial charge < -0.3 is 20.1 Å². The van der Waals surface area contributed by atoms with Crippen LogP contribution in [0.3, 0.4) is 0 Å². The van der Waals surface area contributed by atoms with E-state index in [0.717, 1.165) is 58.2 Å². The maximum Gasteiger partial charge on any atom is 0.317 e. The average molecular weight is 346 g/mol. The molecule has 2 aliphatic rings. The lowest BCUT2D eigenvalue weighted by Crippen LogP contribution is -2.53. The number of hydrogen-bond donors (Lipinski definition) is 2. The van der Waals surface area contributed by atoms with Crippen LogP contribution in [0.5, 0.6) is 0 Å². The first kappa shape index (κ1) is 18.2. The molecule has 25 heavy (non-hydrogen) atoms. The molecule has 2 heterocycles. The molecule has 0 bridgehead atoms. The van der Waals surface area contributed by atoms with E-state index in [2.05, 4.69) is 17.4 Å². The highest BCUT2D eigenvalue weighted by Crippen LogP contribution is 2.38. The lowest BCUT2D eigenvalue weighted by Gasteiger charge is -2.46. The fourth-order valence-corrected chi connectivity index (χ4v) is 4.09. The van der Waals surface area contributed by atoms with Crippen LogP contribution in [-0.4, -0.2) is 54.5 Å². The van der Waals surface area contributed by atoms with Gasteiger partial charge in [-0.2, -0.15) is 0 Å². The first-order chi connectivity index (χ1) is 12.2. The predicted octanol–water partition coefficient (Wildman–Crippen LogP) is 2.58. The summed E-state index contributed by atoms with van der Waals surface area (Å²) in [5, 5.41) is 12.2. The minimum Gasteiger partial charge on any atom is -0.396 e. The van der Waals surface area contributed by atoms with E-state index in [1.807, 2.05) is 23.1 Å². The molecule has 3 rings (SSSR count). The number of carbonyl (C=O) groups excluding carboxylic acids is 1. The topological polar surface area (TPSA) is 61.8 Å². The first-order valence-corrected chi connectivity index (χ1v) is 9.52. The van der Waals surface area contributed by atoms with E-state index in [0.29, 0.717) is 12.5 Å². The number of aliphatic hydroxyl groups excluding tert-OH is 1. The summed E-state index contributed by atoms with van der Waals surface area (Å²) in [6.45, 7) is 3.22. The van der Waals surface area contributed by atoms with Gasteiger partial charge in [0.25, 0.3) is 0 Å². The Bertz CT molecular complexity index is 539. The first-order valence-electron chi connectivity index (χ1n) is 9.52. The summed E-state index contributed by atoms with van der Waals surface area (Å²) >= 11 is 0. The number of nitrogens with zero attached hydrogens (tertiary/aromatic N) is 1. The van der Waals surface area contributed by atoms with Gasteiger partial charge in [-0.15, -0.1) is 0 Å². The second-order valence-corrected chi connectivity index (χ2v) is 7.36. The summed E-state index contributed by atoms with van der Waals surface area (Å²) in [7, 11) is 0. The van der Waals surface area contributed by atoms with Gasteiger partial charge in [0.2, 0.25) is 0 Å². The highest BCUT2D eigenvalue weighted by atomic mass is 16.5. The molecular weight excluding hydrogens is 316 g/mol. The number of rotatable bonds is 5. The number of aliphatic hydroxyl groups is 1. The van der Waals surface area contributed by atoms with E-state index >= 15 is 0 Å². The van der Waals surface area contributed by atoms with Crippen LogP contribution in [0.15, 0.2) is 30.3 Å². The minimum atomic E-state index is -0.0705. The molecule has 0 aliphatic carbocycles. The molecule has 2 amide bonds. The maximum atomic E-state index is 12.4. The molecule has 2 fully saturated rings. The van der Waals surface area contributed by atoms with Crippen LogP contribution in [-0.2, 0) is 11.2 Å². The highest BCUT2D eigenvalue weighted by molar-refractivity contribution is 5.74. The quantitative estimate of drug-likeness (QED) is 0.861. The van der Waals surface area contributed by atoms with Crippen LogP contribution in [0.2, 0.25) is 0 Å². The molecular formula is C20H30N2O3. The number of benzene rings is 1. The lowest BCUT2D eigenvalue weighted by molar-refractivity contribution is -0.124. The Morgan fingerprint density at radius 3 is 2.76 bits per heavy atom. The Morgan fingerprint density at radius 2 is 2.04 bits per heavy atom. The van der Waals surface area contributed by atoms with E-state index in [9.17, 15) is 9.90 Å².